The van der Waals surface area contributed by atoms with E-state index < -0.39 is 0 Å². The Balaban J connectivity index is 2.34. The fourth-order valence-electron chi connectivity index (χ4n) is 1.60. The zero-order valence-electron chi connectivity index (χ0n) is 7.55. The Morgan fingerprint density at radius 3 is 3.15 bits per heavy atom. The molecule has 0 atom stereocenters. The summed E-state index contributed by atoms with van der Waals surface area (Å²) in [5.74, 6) is 0.0472. The van der Waals surface area contributed by atoms with E-state index in [9.17, 15) is 4.79 Å². The van der Waals surface area contributed by atoms with Crippen molar-refractivity contribution in [3.05, 3.63) is 34.9 Å². The smallest absolute Gasteiger partial charge is 0.251 e. The van der Waals surface area contributed by atoms with E-state index in [0.717, 1.165) is 17.7 Å². The molecule has 3 heteroatoms. The Kier molecular flexibility index (Phi) is 2.02. The first-order valence-corrected chi connectivity index (χ1v) is 4.36. The molecule has 1 aromatic rings. The third-order valence-corrected chi connectivity index (χ3v) is 2.23. The summed E-state index contributed by atoms with van der Waals surface area (Å²) in [6.45, 7) is 1.52. The summed E-state index contributed by atoms with van der Waals surface area (Å²) >= 11 is 0. The summed E-state index contributed by atoms with van der Waals surface area (Å²) in [6, 6.07) is 5.95. The predicted octanol–water partition coefficient (Wildman–Crippen LogP) is 0.649. The number of nitrogens with one attached hydrogen (secondary N) is 2. The molecule has 0 saturated heterocycles. The third-order valence-electron chi connectivity index (χ3n) is 2.23. The standard InChI is InChI=1S/C10H12N2O/c1-11-5-7-2-3-9-8(4-7)6-12-10(9)13/h2-4,11H,5-6H2,1H3,(H,12,13). The van der Waals surface area contributed by atoms with Gasteiger partial charge in [0.05, 0.1) is 0 Å². The number of rotatable bonds is 2. The van der Waals surface area contributed by atoms with E-state index in [2.05, 4.69) is 16.7 Å². The van der Waals surface area contributed by atoms with Crippen LogP contribution in [0.5, 0.6) is 0 Å². The maximum Gasteiger partial charge on any atom is 0.251 e. The number of hydrogen-bond donors (Lipinski definition) is 2. The summed E-state index contributed by atoms with van der Waals surface area (Å²) in [5, 5.41) is 5.88. The van der Waals surface area contributed by atoms with Gasteiger partial charge in [-0.05, 0) is 24.2 Å². The van der Waals surface area contributed by atoms with Gasteiger partial charge in [0.1, 0.15) is 0 Å². The van der Waals surface area contributed by atoms with Crippen LogP contribution in [0.1, 0.15) is 21.5 Å². The summed E-state index contributed by atoms with van der Waals surface area (Å²) in [6.07, 6.45) is 0. The number of carbonyl (C=O) groups excluding carboxylic acids is 1. The molecule has 1 aromatic carbocycles. The molecule has 1 aliphatic heterocycles. The zero-order chi connectivity index (χ0) is 9.26. The van der Waals surface area contributed by atoms with Crippen molar-refractivity contribution in [1.29, 1.82) is 0 Å². The highest BCUT2D eigenvalue weighted by Gasteiger charge is 2.17. The molecule has 0 saturated carbocycles. The van der Waals surface area contributed by atoms with E-state index >= 15 is 0 Å². The maximum atomic E-state index is 11.2. The molecule has 0 aliphatic carbocycles. The van der Waals surface area contributed by atoms with Crippen LogP contribution in [0.25, 0.3) is 0 Å². The Bertz CT molecular complexity index is 347. The fraction of sp³-hybridized carbons (Fsp3) is 0.300. The fourth-order valence-corrected chi connectivity index (χ4v) is 1.60. The van der Waals surface area contributed by atoms with Gasteiger partial charge < -0.3 is 10.6 Å². The highest BCUT2D eigenvalue weighted by Crippen LogP contribution is 2.16. The van der Waals surface area contributed by atoms with Gasteiger partial charge in [0.2, 0.25) is 0 Å². The van der Waals surface area contributed by atoms with Crippen molar-refractivity contribution in [2.75, 3.05) is 7.05 Å². The molecule has 1 aliphatic rings. The SMILES string of the molecule is CNCc1ccc2c(c1)CNC2=O. The van der Waals surface area contributed by atoms with Crippen molar-refractivity contribution in [2.24, 2.45) is 0 Å². The van der Waals surface area contributed by atoms with Crippen LogP contribution in [0, 0.1) is 0 Å². The minimum atomic E-state index is 0.0472. The molecule has 0 radical (unpaired) electrons. The van der Waals surface area contributed by atoms with Crippen LogP contribution in [-0.2, 0) is 13.1 Å². The molecule has 0 aromatic heterocycles. The number of benzene rings is 1. The first-order valence-electron chi connectivity index (χ1n) is 4.36. The average molecular weight is 176 g/mol. The largest absolute Gasteiger partial charge is 0.348 e. The van der Waals surface area contributed by atoms with Crippen molar-refractivity contribution in [3.63, 3.8) is 0 Å². The second-order valence-corrected chi connectivity index (χ2v) is 3.20. The van der Waals surface area contributed by atoms with Gasteiger partial charge in [0.25, 0.3) is 5.91 Å². The molecule has 0 unspecified atom stereocenters. The maximum absolute atomic E-state index is 11.2. The Morgan fingerprint density at radius 2 is 2.38 bits per heavy atom. The molecule has 13 heavy (non-hydrogen) atoms. The quantitative estimate of drug-likeness (QED) is 0.694. The van der Waals surface area contributed by atoms with Crippen LogP contribution in [0.4, 0.5) is 0 Å². The summed E-state index contributed by atoms with van der Waals surface area (Å²) in [5.41, 5.74) is 3.15. The minimum absolute atomic E-state index is 0.0472. The summed E-state index contributed by atoms with van der Waals surface area (Å²) < 4.78 is 0. The second kappa shape index (κ2) is 3.18. The van der Waals surface area contributed by atoms with Crippen molar-refractivity contribution >= 4 is 5.91 Å². The van der Waals surface area contributed by atoms with E-state index in [4.69, 9.17) is 0 Å². The first kappa shape index (κ1) is 8.26. The molecule has 0 spiro atoms. The highest BCUT2D eigenvalue weighted by atomic mass is 16.1. The lowest BCUT2D eigenvalue weighted by Gasteiger charge is -2.01. The lowest BCUT2D eigenvalue weighted by atomic mass is 10.1. The Labute approximate surface area is 77.1 Å². The van der Waals surface area contributed by atoms with Gasteiger partial charge in [-0.1, -0.05) is 12.1 Å². The van der Waals surface area contributed by atoms with Crippen molar-refractivity contribution in [2.45, 2.75) is 13.1 Å². The molecule has 1 heterocycles. The molecule has 2 rings (SSSR count). The monoisotopic (exact) mass is 176 g/mol. The van der Waals surface area contributed by atoms with E-state index in [0.29, 0.717) is 6.54 Å². The second-order valence-electron chi connectivity index (χ2n) is 3.20. The molecule has 1 amide bonds. The average Bonchev–Trinajstić information content (AvgIpc) is 2.48. The third kappa shape index (κ3) is 1.42. The first-order chi connectivity index (χ1) is 6.31. The van der Waals surface area contributed by atoms with Crippen LogP contribution in [0.2, 0.25) is 0 Å². The van der Waals surface area contributed by atoms with E-state index in [1.165, 1.54) is 5.56 Å². The summed E-state index contributed by atoms with van der Waals surface area (Å²) in [4.78, 5) is 11.2. The van der Waals surface area contributed by atoms with Crippen LogP contribution in [0.15, 0.2) is 18.2 Å². The molecule has 2 N–H and O–H groups in total. The van der Waals surface area contributed by atoms with Gasteiger partial charge in [-0.3, -0.25) is 4.79 Å². The van der Waals surface area contributed by atoms with Crippen LogP contribution in [0.3, 0.4) is 0 Å². The zero-order valence-corrected chi connectivity index (χ0v) is 7.55. The van der Waals surface area contributed by atoms with Gasteiger partial charge in [0.15, 0.2) is 0 Å². The molecule has 68 valence electrons. The van der Waals surface area contributed by atoms with E-state index in [1.807, 2.05) is 19.2 Å². The topological polar surface area (TPSA) is 41.1 Å². The predicted molar refractivity (Wildman–Crippen MR) is 50.4 cm³/mol. The summed E-state index contributed by atoms with van der Waals surface area (Å²) in [7, 11) is 1.91. The Morgan fingerprint density at radius 1 is 1.54 bits per heavy atom. The van der Waals surface area contributed by atoms with Crippen molar-refractivity contribution in [3.8, 4) is 0 Å². The number of hydrogen-bond acceptors (Lipinski definition) is 2. The van der Waals surface area contributed by atoms with Crippen LogP contribution in [-0.4, -0.2) is 13.0 Å². The van der Waals surface area contributed by atoms with Crippen molar-refractivity contribution in [1.82, 2.24) is 10.6 Å². The number of amides is 1. The molecule has 0 fully saturated rings. The van der Waals surface area contributed by atoms with Gasteiger partial charge in [0, 0.05) is 18.7 Å². The Hall–Kier alpha value is -1.35. The lowest BCUT2D eigenvalue weighted by molar-refractivity contribution is 0.0966. The van der Waals surface area contributed by atoms with Gasteiger partial charge in [-0.15, -0.1) is 0 Å². The number of carbonyl (C=O) groups is 1. The van der Waals surface area contributed by atoms with E-state index in [-0.39, 0.29) is 5.91 Å². The normalized spacial score (nSPS) is 14.1. The lowest BCUT2D eigenvalue weighted by Crippen LogP contribution is -2.12. The molecule has 0 bridgehead atoms. The minimum Gasteiger partial charge on any atom is -0.348 e. The van der Waals surface area contributed by atoms with Gasteiger partial charge in [-0.2, -0.15) is 0 Å². The number of fused-ring (bicyclic) bond motifs is 1. The molecular formula is C10H12N2O. The van der Waals surface area contributed by atoms with Gasteiger partial charge >= 0.3 is 0 Å². The molecular weight excluding hydrogens is 164 g/mol. The van der Waals surface area contributed by atoms with Gasteiger partial charge in [-0.25, -0.2) is 0 Å². The molecule has 3 nitrogen and oxygen atoms in total. The van der Waals surface area contributed by atoms with Crippen LogP contribution >= 0.6 is 0 Å². The van der Waals surface area contributed by atoms with Crippen LogP contribution < -0.4 is 10.6 Å². The van der Waals surface area contributed by atoms with Crippen molar-refractivity contribution < 1.29 is 4.79 Å². The highest BCUT2D eigenvalue weighted by molar-refractivity contribution is 5.98. The van der Waals surface area contributed by atoms with E-state index in [1.54, 1.807) is 0 Å².